The van der Waals surface area contributed by atoms with Crippen LogP contribution >= 0.6 is 0 Å². The third kappa shape index (κ3) is 5.71. The van der Waals surface area contributed by atoms with Crippen LogP contribution < -0.4 is 16.0 Å². The van der Waals surface area contributed by atoms with E-state index < -0.39 is 11.6 Å². The molecule has 0 bridgehead atoms. The van der Waals surface area contributed by atoms with Crippen molar-refractivity contribution in [1.29, 1.82) is 0 Å². The zero-order valence-corrected chi connectivity index (χ0v) is 33.2. The lowest BCUT2D eigenvalue weighted by molar-refractivity contribution is 0.409. The predicted octanol–water partition coefficient (Wildman–Crippen LogP) is 10.9. The van der Waals surface area contributed by atoms with E-state index in [0.717, 1.165) is 50.9 Å². The molecule has 8 aromatic rings. The molecule has 2 aliphatic heterocycles. The highest BCUT2D eigenvalue weighted by Crippen LogP contribution is 2.63. The van der Waals surface area contributed by atoms with Crippen molar-refractivity contribution >= 4 is 17.5 Å². The zero-order valence-electron chi connectivity index (χ0n) is 33.2. The highest BCUT2D eigenvalue weighted by molar-refractivity contribution is 6.16. The molecule has 0 aromatic heterocycles. The molecule has 290 valence electrons. The number of fused-ring (bicyclic) bond motifs is 10. The highest BCUT2D eigenvalue weighted by atomic mass is 15.3. The van der Waals surface area contributed by atoms with Crippen molar-refractivity contribution in [2.45, 2.75) is 23.9 Å². The Morgan fingerprint density at radius 2 is 0.852 bits per heavy atom. The van der Waals surface area contributed by atoms with Gasteiger partial charge in [-0.05, 0) is 73.3 Å². The van der Waals surface area contributed by atoms with Crippen LogP contribution in [0.25, 0.3) is 22.3 Å². The Morgan fingerprint density at radius 3 is 1.46 bits per heavy atom. The summed E-state index contributed by atoms with van der Waals surface area (Å²) >= 11 is 0. The first kappa shape index (κ1) is 35.3. The SMILES string of the molecule is c1ccc(C2=NC(c3ccc4c(c3)-c3cc(C5=NC(c6ccccc6)NC(c6ccccc6)N5)ccc3C43c4ccccc4-c4ccccc43)N=C(c3ccccc3)N2)cc1. The Balaban J connectivity index is 1.06. The van der Waals surface area contributed by atoms with Gasteiger partial charge in [-0.3, -0.25) is 5.32 Å². The monoisotopic (exact) mass is 784 g/mol. The van der Waals surface area contributed by atoms with Crippen LogP contribution in [0.5, 0.6) is 0 Å². The van der Waals surface area contributed by atoms with E-state index in [4.69, 9.17) is 15.0 Å². The number of benzene rings is 8. The molecule has 61 heavy (non-hydrogen) atoms. The van der Waals surface area contributed by atoms with Crippen LogP contribution in [0.2, 0.25) is 0 Å². The van der Waals surface area contributed by atoms with Crippen LogP contribution in [0.3, 0.4) is 0 Å². The van der Waals surface area contributed by atoms with E-state index in [-0.39, 0.29) is 12.3 Å². The summed E-state index contributed by atoms with van der Waals surface area (Å²) < 4.78 is 0. The fraction of sp³-hybridized carbons (Fsp3) is 0.0727. The number of rotatable bonds is 6. The molecule has 2 atom stereocenters. The lowest BCUT2D eigenvalue weighted by atomic mass is 9.70. The zero-order chi connectivity index (χ0) is 40.3. The molecular formula is C55H40N6. The van der Waals surface area contributed by atoms with Gasteiger partial charge in [-0.1, -0.05) is 194 Å². The largest absolute Gasteiger partial charge is 0.350 e. The van der Waals surface area contributed by atoms with E-state index in [1.807, 2.05) is 12.1 Å². The van der Waals surface area contributed by atoms with Crippen LogP contribution in [-0.2, 0) is 5.41 Å². The molecule has 6 nitrogen and oxygen atoms in total. The first-order valence-electron chi connectivity index (χ1n) is 21.0. The molecule has 12 rings (SSSR count). The molecule has 2 unspecified atom stereocenters. The Labute approximate surface area is 355 Å². The molecule has 2 aliphatic carbocycles. The molecule has 8 aromatic carbocycles. The lowest BCUT2D eigenvalue weighted by Crippen LogP contribution is -2.45. The van der Waals surface area contributed by atoms with Crippen molar-refractivity contribution < 1.29 is 0 Å². The molecule has 0 saturated carbocycles. The van der Waals surface area contributed by atoms with Crippen LogP contribution in [0.1, 0.15) is 74.1 Å². The van der Waals surface area contributed by atoms with Crippen LogP contribution in [0.15, 0.2) is 221 Å². The molecule has 3 N–H and O–H groups in total. The summed E-state index contributed by atoms with van der Waals surface area (Å²) in [6.45, 7) is 0. The molecule has 1 spiro atoms. The minimum atomic E-state index is -0.498. The van der Waals surface area contributed by atoms with Gasteiger partial charge >= 0.3 is 0 Å². The minimum absolute atomic E-state index is 0.140. The Bertz CT molecular complexity index is 2960. The number of amidine groups is 3. The second-order valence-corrected chi connectivity index (χ2v) is 16.0. The van der Waals surface area contributed by atoms with Gasteiger partial charge < -0.3 is 10.6 Å². The Morgan fingerprint density at radius 1 is 0.361 bits per heavy atom. The standard InChI is InChI=1S/C55H40N6/c1-5-17-35(18-6-1)49-56-50(36-19-7-2-8-20-36)59-53(58-49)39-29-31-47-43(33-39)44-34-40(30-32-48(44)55(47)45-27-15-13-25-41(45)42-26-14-16-28-46(42)55)54-60-51(37-21-9-3-10-22-37)57-52(61-54)38-23-11-4-12-24-38/h1-34,49-50,54,56H,(H,58,59)(H,57,60,61). The number of hydrogen-bond donors (Lipinski definition) is 3. The number of aliphatic imine (C=N–C) groups is 3. The van der Waals surface area contributed by atoms with E-state index >= 15 is 0 Å². The van der Waals surface area contributed by atoms with Crippen LogP contribution in [0.4, 0.5) is 0 Å². The van der Waals surface area contributed by atoms with Gasteiger partial charge in [0.2, 0.25) is 0 Å². The first-order chi connectivity index (χ1) is 30.2. The van der Waals surface area contributed by atoms with E-state index in [1.165, 1.54) is 44.5 Å². The quantitative estimate of drug-likeness (QED) is 0.157. The maximum absolute atomic E-state index is 5.36. The van der Waals surface area contributed by atoms with Crippen LogP contribution in [-0.4, -0.2) is 17.5 Å². The average Bonchev–Trinajstić information content (AvgIpc) is 3.81. The second kappa shape index (κ2) is 14.3. The summed E-state index contributed by atoms with van der Waals surface area (Å²) in [6.07, 6.45) is -0.834. The average molecular weight is 785 g/mol. The summed E-state index contributed by atoms with van der Waals surface area (Å²) in [6, 6.07) is 73.5. The Hall–Kier alpha value is -7.67. The van der Waals surface area contributed by atoms with Crippen molar-refractivity contribution in [3.8, 4) is 22.3 Å². The van der Waals surface area contributed by atoms with E-state index in [2.05, 4.69) is 210 Å². The van der Waals surface area contributed by atoms with Crippen molar-refractivity contribution in [2.24, 2.45) is 15.0 Å². The van der Waals surface area contributed by atoms with Gasteiger partial charge in [-0.2, -0.15) is 0 Å². The van der Waals surface area contributed by atoms with Crippen molar-refractivity contribution in [3.63, 3.8) is 0 Å². The maximum atomic E-state index is 5.36. The third-order valence-corrected chi connectivity index (χ3v) is 12.6. The number of nitrogens with one attached hydrogen (secondary N) is 3. The second-order valence-electron chi connectivity index (χ2n) is 16.0. The van der Waals surface area contributed by atoms with Crippen LogP contribution in [0, 0.1) is 0 Å². The fourth-order valence-electron chi connectivity index (χ4n) is 9.89. The maximum Gasteiger partial charge on any atom is 0.169 e. The van der Waals surface area contributed by atoms with Gasteiger partial charge in [0.25, 0.3) is 0 Å². The smallest absolute Gasteiger partial charge is 0.169 e. The molecule has 4 aliphatic rings. The lowest BCUT2D eigenvalue weighted by Gasteiger charge is -2.33. The summed E-state index contributed by atoms with van der Waals surface area (Å²) in [4.78, 5) is 15.9. The van der Waals surface area contributed by atoms with Gasteiger partial charge in [0.15, 0.2) is 6.17 Å². The summed E-state index contributed by atoms with van der Waals surface area (Å²) in [5.41, 5.74) is 15.9. The van der Waals surface area contributed by atoms with Gasteiger partial charge in [0.05, 0.1) is 5.41 Å². The van der Waals surface area contributed by atoms with E-state index in [0.29, 0.717) is 0 Å². The van der Waals surface area contributed by atoms with Gasteiger partial charge in [0, 0.05) is 16.7 Å². The van der Waals surface area contributed by atoms with Crippen molar-refractivity contribution in [2.75, 3.05) is 0 Å². The summed E-state index contributed by atoms with van der Waals surface area (Å²) in [5.74, 6) is 2.45. The molecule has 0 fully saturated rings. The molecule has 0 radical (unpaired) electrons. The molecule has 0 saturated heterocycles. The molecule has 0 amide bonds. The third-order valence-electron chi connectivity index (χ3n) is 12.6. The molecule has 6 heteroatoms. The van der Waals surface area contributed by atoms with Crippen molar-refractivity contribution in [3.05, 3.63) is 262 Å². The number of hydrogen-bond acceptors (Lipinski definition) is 6. The summed E-state index contributed by atoms with van der Waals surface area (Å²) in [5, 5.41) is 11.1. The molecule has 2 heterocycles. The Kier molecular flexibility index (Phi) is 8.25. The normalized spacial score (nSPS) is 18.1. The van der Waals surface area contributed by atoms with Gasteiger partial charge in [-0.15, -0.1) is 0 Å². The highest BCUT2D eigenvalue weighted by Gasteiger charge is 2.52. The van der Waals surface area contributed by atoms with Gasteiger partial charge in [-0.25, -0.2) is 15.0 Å². The number of nitrogens with zero attached hydrogens (tertiary/aromatic N) is 3. The predicted molar refractivity (Wildman–Crippen MR) is 246 cm³/mol. The van der Waals surface area contributed by atoms with Gasteiger partial charge in [0.1, 0.15) is 29.8 Å². The van der Waals surface area contributed by atoms with E-state index in [1.54, 1.807) is 0 Å². The molecular weight excluding hydrogens is 745 g/mol. The minimum Gasteiger partial charge on any atom is -0.350 e. The van der Waals surface area contributed by atoms with Crippen molar-refractivity contribution in [1.82, 2.24) is 16.0 Å². The fourth-order valence-corrected chi connectivity index (χ4v) is 9.89. The topological polar surface area (TPSA) is 73.2 Å². The van der Waals surface area contributed by atoms with E-state index in [9.17, 15) is 0 Å². The first-order valence-corrected chi connectivity index (χ1v) is 21.0. The summed E-state index contributed by atoms with van der Waals surface area (Å²) in [7, 11) is 0.